The molecule has 0 N–H and O–H groups in total. The van der Waals surface area contributed by atoms with Crippen LogP contribution in [0.5, 0.6) is 0 Å². The van der Waals surface area contributed by atoms with E-state index in [1.54, 1.807) is 6.92 Å². The molecule has 3 heteroatoms. The van der Waals surface area contributed by atoms with Crippen molar-refractivity contribution in [2.45, 2.75) is 90.6 Å². The van der Waals surface area contributed by atoms with Gasteiger partial charge in [0.2, 0.25) is 0 Å². The lowest BCUT2D eigenvalue weighted by molar-refractivity contribution is -0.152. The number of unbranched alkanes of at least 4 members (excludes halogenated alkanes) is 10. The van der Waals surface area contributed by atoms with Gasteiger partial charge < -0.3 is 9.47 Å². The molecule has 0 aromatic rings. The molecule has 0 heterocycles. The smallest absolute Gasteiger partial charge is 0.334 e. The second-order valence-electron chi connectivity index (χ2n) is 5.57. The Bertz CT molecular complexity index is 216. The lowest BCUT2D eigenvalue weighted by atomic mass is 10.1. The van der Waals surface area contributed by atoms with Gasteiger partial charge in [-0.15, -0.1) is 0 Å². The van der Waals surface area contributed by atoms with Crippen molar-refractivity contribution in [2.75, 3.05) is 13.7 Å². The van der Waals surface area contributed by atoms with E-state index in [9.17, 15) is 4.79 Å². The van der Waals surface area contributed by atoms with Crippen molar-refractivity contribution in [2.24, 2.45) is 0 Å². The third-order valence-electron chi connectivity index (χ3n) is 3.65. The fourth-order valence-electron chi connectivity index (χ4n) is 2.26. The minimum absolute atomic E-state index is 0.284. The normalized spacial score (nSPS) is 12.3. The van der Waals surface area contributed by atoms with Gasteiger partial charge in [0.15, 0.2) is 6.10 Å². The number of rotatable bonds is 14. The molecule has 0 rings (SSSR count). The monoisotopic (exact) mass is 286 g/mol. The molecule has 0 aliphatic carbocycles. The standard InChI is InChI=1S/C17H34O3/c1-4-5-6-7-8-9-10-11-12-13-14-15-20-16(2)17(18)19-3/h16H,4-15H2,1-3H3. The van der Waals surface area contributed by atoms with Gasteiger partial charge in [-0.05, 0) is 13.3 Å². The average molecular weight is 286 g/mol. The van der Waals surface area contributed by atoms with Crippen molar-refractivity contribution in [3.8, 4) is 0 Å². The van der Waals surface area contributed by atoms with Crippen LogP contribution in [-0.4, -0.2) is 25.8 Å². The summed E-state index contributed by atoms with van der Waals surface area (Å²) < 4.78 is 10.0. The van der Waals surface area contributed by atoms with Crippen LogP contribution in [0.3, 0.4) is 0 Å². The first-order valence-electron chi connectivity index (χ1n) is 8.41. The Kier molecular flexibility index (Phi) is 14.4. The molecule has 3 nitrogen and oxygen atoms in total. The Hall–Kier alpha value is -0.570. The van der Waals surface area contributed by atoms with E-state index in [4.69, 9.17) is 4.74 Å². The summed E-state index contributed by atoms with van der Waals surface area (Å²) in [5.74, 6) is -0.284. The molecular weight excluding hydrogens is 252 g/mol. The molecule has 0 spiro atoms. The number of hydrogen-bond acceptors (Lipinski definition) is 3. The van der Waals surface area contributed by atoms with Gasteiger partial charge in [-0.25, -0.2) is 4.79 Å². The van der Waals surface area contributed by atoms with Crippen molar-refractivity contribution in [1.82, 2.24) is 0 Å². The first-order chi connectivity index (χ1) is 9.72. The van der Waals surface area contributed by atoms with E-state index in [-0.39, 0.29) is 5.97 Å². The molecule has 0 radical (unpaired) electrons. The predicted octanol–water partition coefficient (Wildman–Crippen LogP) is 4.88. The maximum absolute atomic E-state index is 11.1. The lowest BCUT2D eigenvalue weighted by Crippen LogP contribution is -2.22. The number of esters is 1. The second kappa shape index (κ2) is 14.8. The molecule has 0 aromatic carbocycles. The highest BCUT2D eigenvalue weighted by atomic mass is 16.6. The van der Waals surface area contributed by atoms with Crippen LogP contribution >= 0.6 is 0 Å². The molecule has 0 amide bonds. The Morgan fingerprint density at radius 2 is 1.30 bits per heavy atom. The summed E-state index contributed by atoms with van der Waals surface area (Å²) in [6.07, 6.45) is 14.1. The zero-order valence-corrected chi connectivity index (χ0v) is 13.8. The van der Waals surface area contributed by atoms with E-state index in [1.807, 2.05) is 0 Å². The van der Waals surface area contributed by atoms with Gasteiger partial charge >= 0.3 is 5.97 Å². The fraction of sp³-hybridized carbons (Fsp3) is 0.941. The Morgan fingerprint density at radius 3 is 1.75 bits per heavy atom. The van der Waals surface area contributed by atoms with Crippen LogP contribution in [0.25, 0.3) is 0 Å². The molecule has 1 unspecified atom stereocenters. The van der Waals surface area contributed by atoms with Crippen LogP contribution < -0.4 is 0 Å². The van der Waals surface area contributed by atoms with Crippen LogP contribution in [-0.2, 0) is 14.3 Å². The first kappa shape index (κ1) is 19.4. The zero-order chi connectivity index (χ0) is 15.1. The molecule has 0 aliphatic heterocycles. The van der Waals surface area contributed by atoms with Crippen LogP contribution in [0.4, 0.5) is 0 Å². The van der Waals surface area contributed by atoms with Gasteiger partial charge in [0.05, 0.1) is 7.11 Å². The Labute approximate surface area is 125 Å². The highest BCUT2D eigenvalue weighted by molar-refractivity contribution is 5.73. The van der Waals surface area contributed by atoms with E-state index < -0.39 is 6.10 Å². The van der Waals surface area contributed by atoms with Crippen molar-refractivity contribution in [3.63, 3.8) is 0 Å². The van der Waals surface area contributed by atoms with Gasteiger partial charge in [-0.1, -0.05) is 71.1 Å². The highest BCUT2D eigenvalue weighted by Crippen LogP contribution is 2.11. The number of carbonyl (C=O) groups excluding carboxylic acids is 1. The topological polar surface area (TPSA) is 35.5 Å². The van der Waals surface area contributed by atoms with Crippen LogP contribution in [0.2, 0.25) is 0 Å². The number of carbonyl (C=O) groups is 1. The molecule has 0 saturated carbocycles. The predicted molar refractivity (Wildman–Crippen MR) is 83.9 cm³/mol. The summed E-state index contributed by atoms with van der Waals surface area (Å²) in [6.45, 7) is 4.66. The maximum Gasteiger partial charge on any atom is 0.334 e. The van der Waals surface area contributed by atoms with E-state index in [0.717, 1.165) is 6.42 Å². The van der Waals surface area contributed by atoms with Gasteiger partial charge in [0.25, 0.3) is 0 Å². The first-order valence-corrected chi connectivity index (χ1v) is 8.41. The fourth-order valence-corrected chi connectivity index (χ4v) is 2.26. The quantitative estimate of drug-likeness (QED) is 0.337. The van der Waals surface area contributed by atoms with E-state index >= 15 is 0 Å². The number of methoxy groups -OCH3 is 1. The molecule has 20 heavy (non-hydrogen) atoms. The largest absolute Gasteiger partial charge is 0.467 e. The van der Waals surface area contributed by atoms with Gasteiger partial charge in [0.1, 0.15) is 0 Å². The van der Waals surface area contributed by atoms with Gasteiger partial charge in [-0.2, -0.15) is 0 Å². The molecule has 0 fully saturated rings. The minimum Gasteiger partial charge on any atom is -0.467 e. The maximum atomic E-state index is 11.1. The SMILES string of the molecule is CCCCCCCCCCCCCOC(C)C(=O)OC. The van der Waals surface area contributed by atoms with Crippen LogP contribution in [0.1, 0.15) is 84.5 Å². The molecule has 0 aliphatic rings. The third kappa shape index (κ3) is 12.5. The van der Waals surface area contributed by atoms with E-state index in [0.29, 0.717) is 6.61 Å². The number of ether oxygens (including phenoxy) is 2. The van der Waals surface area contributed by atoms with Gasteiger partial charge in [0, 0.05) is 6.61 Å². The second-order valence-corrected chi connectivity index (χ2v) is 5.57. The third-order valence-corrected chi connectivity index (χ3v) is 3.65. The van der Waals surface area contributed by atoms with Crippen molar-refractivity contribution >= 4 is 5.97 Å². The van der Waals surface area contributed by atoms with Crippen molar-refractivity contribution in [3.05, 3.63) is 0 Å². The molecule has 1 atom stereocenters. The van der Waals surface area contributed by atoms with Crippen LogP contribution in [0.15, 0.2) is 0 Å². The molecule has 120 valence electrons. The summed E-state index contributed by atoms with van der Waals surface area (Å²) in [7, 11) is 1.39. The van der Waals surface area contributed by atoms with E-state index in [1.165, 1.54) is 71.3 Å². The van der Waals surface area contributed by atoms with Crippen molar-refractivity contribution < 1.29 is 14.3 Å². The summed E-state index contributed by atoms with van der Waals surface area (Å²) >= 11 is 0. The lowest BCUT2D eigenvalue weighted by Gasteiger charge is -2.10. The Morgan fingerprint density at radius 1 is 0.850 bits per heavy atom. The highest BCUT2D eigenvalue weighted by Gasteiger charge is 2.12. The summed E-state index contributed by atoms with van der Waals surface area (Å²) in [5, 5.41) is 0. The summed E-state index contributed by atoms with van der Waals surface area (Å²) in [6, 6.07) is 0. The molecule has 0 saturated heterocycles. The van der Waals surface area contributed by atoms with Crippen LogP contribution in [0, 0.1) is 0 Å². The van der Waals surface area contributed by atoms with Crippen molar-refractivity contribution in [1.29, 1.82) is 0 Å². The van der Waals surface area contributed by atoms with E-state index in [2.05, 4.69) is 11.7 Å². The Balaban J connectivity index is 3.11. The zero-order valence-electron chi connectivity index (χ0n) is 13.8. The summed E-state index contributed by atoms with van der Waals surface area (Å²) in [5.41, 5.74) is 0. The minimum atomic E-state index is -0.428. The molecule has 0 aromatic heterocycles. The number of hydrogen-bond donors (Lipinski definition) is 0. The average Bonchev–Trinajstić information content (AvgIpc) is 2.47. The summed E-state index contributed by atoms with van der Waals surface area (Å²) in [4.78, 5) is 11.1. The molecule has 0 bridgehead atoms. The van der Waals surface area contributed by atoms with Gasteiger partial charge in [-0.3, -0.25) is 0 Å². The molecular formula is C17H34O3.